The highest BCUT2D eigenvalue weighted by molar-refractivity contribution is 7.99. The van der Waals surface area contributed by atoms with Crippen molar-refractivity contribution < 1.29 is 4.42 Å². The van der Waals surface area contributed by atoms with Crippen molar-refractivity contribution in [1.82, 2.24) is 4.98 Å². The molecule has 3 nitrogen and oxygen atoms in total. The topological polar surface area (TPSA) is 52.0 Å². The number of nitrogens with two attached hydrogens (primary N) is 1. The first-order valence-electron chi connectivity index (χ1n) is 5.94. The summed E-state index contributed by atoms with van der Waals surface area (Å²) in [4.78, 5) is 4.25. The Morgan fingerprint density at radius 1 is 1.33 bits per heavy atom. The Kier molecular flexibility index (Phi) is 4.09. The van der Waals surface area contributed by atoms with Crippen LogP contribution in [0, 0.1) is 20.8 Å². The summed E-state index contributed by atoms with van der Waals surface area (Å²) in [7, 11) is 0. The molecule has 2 aromatic rings. The van der Waals surface area contributed by atoms with Gasteiger partial charge in [-0.05, 0) is 31.9 Å². The van der Waals surface area contributed by atoms with Crippen LogP contribution in [0.25, 0.3) is 0 Å². The molecule has 96 valence electrons. The number of aromatic nitrogens is 1. The average Bonchev–Trinajstić information content (AvgIpc) is 2.72. The van der Waals surface area contributed by atoms with E-state index >= 15 is 0 Å². The molecule has 1 aromatic heterocycles. The van der Waals surface area contributed by atoms with E-state index in [0.29, 0.717) is 5.22 Å². The number of nitrogens with zero attached hydrogens (tertiary/aromatic N) is 1. The Labute approximate surface area is 112 Å². The van der Waals surface area contributed by atoms with Crippen molar-refractivity contribution >= 4 is 11.8 Å². The van der Waals surface area contributed by atoms with Crippen LogP contribution >= 0.6 is 11.8 Å². The summed E-state index contributed by atoms with van der Waals surface area (Å²) in [5.74, 6) is 0.768. The summed E-state index contributed by atoms with van der Waals surface area (Å²) < 4.78 is 5.30. The molecule has 0 aliphatic carbocycles. The zero-order valence-electron chi connectivity index (χ0n) is 10.9. The fourth-order valence-corrected chi connectivity index (χ4v) is 2.72. The number of aryl methyl sites for hydroxylation is 3. The van der Waals surface area contributed by atoms with Gasteiger partial charge >= 0.3 is 0 Å². The Morgan fingerprint density at radius 2 is 2.11 bits per heavy atom. The summed E-state index contributed by atoms with van der Waals surface area (Å²) in [6.07, 6.45) is 1.66. The van der Waals surface area contributed by atoms with E-state index in [1.807, 2.05) is 6.92 Å². The third kappa shape index (κ3) is 3.15. The minimum Gasteiger partial charge on any atom is -0.440 e. The maximum atomic E-state index is 6.21. The van der Waals surface area contributed by atoms with Crippen LogP contribution in [-0.4, -0.2) is 10.7 Å². The molecule has 0 aliphatic rings. The highest BCUT2D eigenvalue weighted by atomic mass is 32.2. The van der Waals surface area contributed by atoms with Crippen molar-refractivity contribution in [3.8, 4) is 0 Å². The van der Waals surface area contributed by atoms with Gasteiger partial charge in [0, 0.05) is 11.8 Å². The van der Waals surface area contributed by atoms with E-state index in [2.05, 4.69) is 37.0 Å². The predicted molar refractivity (Wildman–Crippen MR) is 74.8 cm³/mol. The van der Waals surface area contributed by atoms with Crippen LogP contribution in [0.5, 0.6) is 0 Å². The van der Waals surface area contributed by atoms with Gasteiger partial charge in [0.15, 0.2) is 0 Å². The zero-order chi connectivity index (χ0) is 13.1. The Morgan fingerprint density at radius 3 is 2.72 bits per heavy atom. The number of thioether (sulfide) groups is 1. The number of hydrogen-bond donors (Lipinski definition) is 1. The minimum atomic E-state index is 0.00260. The summed E-state index contributed by atoms with van der Waals surface area (Å²) in [5, 5.41) is 0.688. The number of hydrogen-bond acceptors (Lipinski definition) is 4. The standard InChI is InChI=1S/C14H18N2OS/c1-9-4-5-12(10(2)6-9)13(15)8-18-14-16-11(3)7-17-14/h4-7,13H,8,15H2,1-3H3. The SMILES string of the molecule is Cc1ccc(C(N)CSc2nc(C)co2)c(C)c1. The van der Waals surface area contributed by atoms with Gasteiger partial charge in [0.05, 0.1) is 5.69 Å². The van der Waals surface area contributed by atoms with Gasteiger partial charge in [-0.15, -0.1) is 0 Å². The van der Waals surface area contributed by atoms with Crippen molar-refractivity contribution in [3.63, 3.8) is 0 Å². The molecular formula is C14H18N2OS. The lowest BCUT2D eigenvalue weighted by molar-refractivity contribution is 0.453. The largest absolute Gasteiger partial charge is 0.440 e. The lowest BCUT2D eigenvalue weighted by Crippen LogP contribution is -2.14. The number of rotatable bonds is 4. The van der Waals surface area contributed by atoms with Crippen molar-refractivity contribution in [1.29, 1.82) is 0 Å². The summed E-state index contributed by atoms with van der Waals surface area (Å²) >= 11 is 1.55. The quantitative estimate of drug-likeness (QED) is 0.858. The van der Waals surface area contributed by atoms with E-state index in [-0.39, 0.29) is 6.04 Å². The maximum Gasteiger partial charge on any atom is 0.255 e. The van der Waals surface area contributed by atoms with E-state index in [4.69, 9.17) is 10.2 Å². The predicted octanol–water partition coefficient (Wildman–Crippen LogP) is 3.39. The van der Waals surface area contributed by atoms with Gasteiger partial charge in [-0.25, -0.2) is 4.98 Å². The van der Waals surface area contributed by atoms with Crippen LogP contribution in [0.4, 0.5) is 0 Å². The molecule has 1 unspecified atom stereocenters. The molecular weight excluding hydrogens is 244 g/mol. The van der Waals surface area contributed by atoms with Gasteiger partial charge in [-0.2, -0.15) is 0 Å². The molecule has 0 fully saturated rings. The summed E-state index contributed by atoms with van der Waals surface area (Å²) in [5.41, 5.74) is 10.8. The lowest BCUT2D eigenvalue weighted by atomic mass is 10.0. The van der Waals surface area contributed by atoms with Crippen molar-refractivity contribution in [2.24, 2.45) is 5.73 Å². The molecule has 4 heteroatoms. The first kappa shape index (κ1) is 13.2. The minimum absolute atomic E-state index is 0.00260. The molecule has 0 bridgehead atoms. The second-order valence-corrected chi connectivity index (χ2v) is 5.50. The smallest absolute Gasteiger partial charge is 0.255 e. The second-order valence-electron chi connectivity index (χ2n) is 4.53. The molecule has 0 amide bonds. The van der Waals surface area contributed by atoms with Crippen molar-refractivity contribution in [2.75, 3.05) is 5.75 Å². The van der Waals surface area contributed by atoms with Crippen molar-refractivity contribution in [3.05, 3.63) is 46.8 Å². The lowest BCUT2D eigenvalue weighted by Gasteiger charge is -2.14. The first-order valence-corrected chi connectivity index (χ1v) is 6.92. The van der Waals surface area contributed by atoms with Gasteiger partial charge in [-0.3, -0.25) is 0 Å². The monoisotopic (exact) mass is 262 g/mol. The summed E-state index contributed by atoms with van der Waals surface area (Å²) in [6.45, 7) is 6.10. The van der Waals surface area contributed by atoms with E-state index in [1.165, 1.54) is 16.7 Å². The van der Waals surface area contributed by atoms with Gasteiger partial charge in [-0.1, -0.05) is 35.5 Å². The second kappa shape index (κ2) is 5.59. The maximum absolute atomic E-state index is 6.21. The van der Waals surface area contributed by atoms with Crippen LogP contribution in [0.15, 0.2) is 34.1 Å². The Bertz CT molecular complexity index is 536. The fraction of sp³-hybridized carbons (Fsp3) is 0.357. The fourth-order valence-electron chi connectivity index (χ4n) is 1.89. The number of benzene rings is 1. The molecule has 0 aliphatic heterocycles. The third-order valence-corrected chi connectivity index (χ3v) is 3.77. The molecule has 0 radical (unpaired) electrons. The van der Waals surface area contributed by atoms with Crippen molar-refractivity contribution in [2.45, 2.75) is 32.0 Å². The van der Waals surface area contributed by atoms with Crippen LogP contribution < -0.4 is 5.73 Å². The normalized spacial score (nSPS) is 12.7. The summed E-state index contributed by atoms with van der Waals surface area (Å²) in [6, 6.07) is 6.37. The molecule has 2 rings (SSSR count). The molecule has 1 atom stereocenters. The van der Waals surface area contributed by atoms with Crippen LogP contribution in [-0.2, 0) is 0 Å². The van der Waals surface area contributed by atoms with Crippen LogP contribution in [0.1, 0.15) is 28.4 Å². The molecule has 18 heavy (non-hydrogen) atoms. The van der Waals surface area contributed by atoms with Gasteiger partial charge in [0.1, 0.15) is 6.26 Å². The van der Waals surface area contributed by atoms with E-state index in [0.717, 1.165) is 11.4 Å². The highest BCUT2D eigenvalue weighted by Crippen LogP contribution is 2.24. The first-order chi connectivity index (χ1) is 8.56. The van der Waals surface area contributed by atoms with Gasteiger partial charge < -0.3 is 10.2 Å². The van der Waals surface area contributed by atoms with Crippen LogP contribution in [0.2, 0.25) is 0 Å². The highest BCUT2D eigenvalue weighted by Gasteiger charge is 2.11. The van der Waals surface area contributed by atoms with Gasteiger partial charge in [0.2, 0.25) is 0 Å². The number of oxazole rings is 1. The third-order valence-electron chi connectivity index (χ3n) is 2.81. The zero-order valence-corrected chi connectivity index (χ0v) is 11.8. The molecule has 1 aromatic carbocycles. The van der Waals surface area contributed by atoms with E-state index < -0.39 is 0 Å². The van der Waals surface area contributed by atoms with E-state index in [9.17, 15) is 0 Å². The average molecular weight is 262 g/mol. The van der Waals surface area contributed by atoms with Crippen LogP contribution in [0.3, 0.4) is 0 Å². The molecule has 0 spiro atoms. The Hall–Kier alpha value is -1.26. The molecule has 1 heterocycles. The van der Waals surface area contributed by atoms with E-state index in [1.54, 1.807) is 18.0 Å². The molecule has 0 saturated heterocycles. The van der Waals surface area contributed by atoms with Gasteiger partial charge in [0.25, 0.3) is 5.22 Å². The molecule has 0 saturated carbocycles. The Balaban J connectivity index is 2.01. The molecule has 2 N–H and O–H groups in total.